The monoisotopic (exact) mass is 331 g/mol. The number of thiophene rings is 1. The Balaban J connectivity index is 2.00. The fourth-order valence-electron chi connectivity index (χ4n) is 3.44. The van der Waals surface area contributed by atoms with E-state index in [0.29, 0.717) is 17.7 Å². The Kier molecular flexibility index (Phi) is 3.59. The summed E-state index contributed by atoms with van der Waals surface area (Å²) in [5, 5.41) is 18.8. The van der Waals surface area contributed by atoms with Gasteiger partial charge >= 0.3 is 5.97 Å². The van der Waals surface area contributed by atoms with Crippen LogP contribution in [0.4, 0.5) is 0 Å². The molecule has 2 unspecified atom stereocenters. The van der Waals surface area contributed by atoms with E-state index >= 15 is 0 Å². The first-order valence-corrected chi connectivity index (χ1v) is 9.11. The Morgan fingerprint density at radius 2 is 1.90 bits per heavy atom. The van der Waals surface area contributed by atoms with Gasteiger partial charge < -0.3 is 10.2 Å². The molecule has 2 aliphatic heterocycles. The van der Waals surface area contributed by atoms with E-state index in [4.69, 9.17) is 5.11 Å². The lowest BCUT2D eigenvalue weighted by Crippen LogP contribution is -2.47. The standard InChI is InChI=1S/C13H17NO5S2/c1-7-12(6-11(20-7)13(16)17)21(18,19)14-8-2-3-9(14)5-10(15)4-8/h6,8-10,15H,2-5H2,1H3,(H,16,17). The van der Waals surface area contributed by atoms with Crippen molar-refractivity contribution in [2.24, 2.45) is 0 Å². The average molecular weight is 331 g/mol. The van der Waals surface area contributed by atoms with Crippen LogP contribution in [-0.4, -0.2) is 47.1 Å². The average Bonchev–Trinajstić information content (AvgIpc) is 2.90. The minimum atomic E-state index is -3.70. The molecule has 1 aromatic rings. The Labute approximate surface area is 127 Å². The number of sulfonamides is 1. The SMILES string of the molecule is Cc1sc(C(=O)O)cc1S(=O)(=O)N1C2CCC1CC(O)C2. The molecular weight excluding hydrogens is 314 g/mol. The van der Waals surface area contributed by atoms with Gasteiger partial charge in [0.15, 0.2) is 0 Å². The van der Waals surface area contributed by atoms with Gasteiger partial charge in [0.2, 0.25) is 10.0 Å². The smallest absolute Gasteiger partial charge is 0.345 e. The Morgan fingerprint density at radius 1 is 1.33 bits per heavy atom. The van der Waals surface area contributed by atoms with Crippen LogP contribution in [0.3, 0.4) is 0 Å². The summed E-state index contributed by atoms with van der Waals surface area (Å²) in [5.41, 5.74) is 0. The van der Waals surface area contributed by atoms with E-state index in [1.54, 1.807) is 6.92 Å². The number of aryl methyl sites for hydroxylation is 1. The highest BCUT2D eigenvalue weighted by atomic mass is 32.2. The number of carboxylic acids is 1. The zero-order valence-electron chi connectivity index (χ0n) is 11.5. The second kappa shape index (κ2) is 5.05. The highest BCUT2D eigenvalue weighted by Crippen LogP contribution is 2.41. The summed E-state index contributed by atoms with van der Waals surface area (Å²) in [6.07, 6.45) is 2.01. The summed E-state index contributed by atoms with van der Waals surface area (Å²) in [7, 11) is -3.70. The van der Waals surface area contributed by atoms with E-state index in [2.05, 4.69) is 0 Å². The lowest BCUT2D eigenvalue weighted by atomic mass is 10.0. The van der Waals surface area contributed by atoms with E-state index < -0.39 is 22.1 Å². The molecule has 2 bridgehead atoms. The topological polar surface area (TPSA) is 94.9 Å². The van der Waals surface area contributed by atoms with Crippen LogP contribution in [0.2, 0.25) is 0 Å². The number of aliphatic hydroxyl groups is 1. The van der Waals surface area contributed by atoms with Gasteiger partial charge in [-0.3, -0.25) is 0 Å². The number of piperidine rings is 1. The van der Waals surface area contributed by atoms with Gasteiger partial charge in [0.05, 0.1) is 11.0 Å². The third kappa shape index (κ3) is 2.40. The highest BCUT2D eigenvalue weighted by Gasteiger charge is 2.47. The zero-order chi connectivity index (χ0) is 15.4. The lowest BCUT2D eigenvalue weighted by Gasteiger charge is -2.35. The van der Waals surface area contributed by atoms with Gasteiger partial charge in [-0.25, -0.2) is 13.2 Å². The molecule has 0 saturated carbocycles. The maximum Gasteiger partial charge on any atom is 0.345 e. The van der Waals surface area contributed by atoms with Crippen LogP contribution < -0.4 is 0 Å². The predicted molar refractivity (Wildman–Crippen MR) is 77.1 cm³/mol. The fourth-order valence-corrected chi connectivity index (χ4v) is 6.73. The number of hydrogen-bond donors (Lipinski definition) is 2. The first-order valence-electron chi connectivity index (χ1n) is 6.86. The Morgan fingerprint density at radius 3 is 2.38 bits per heavy atom. The van der Waals surface area contributed by atoms with Crippen molar-refractivity contribution in [3.63, 3.8) is 0 Å². The van der Waals surface area contributed by atoms with Gasteiger partial charge in [-0.1, -0.05) is 0 Å². The third-order valence-electron chi connectivity index (χ3n) is 4.28. The van der Waals surface area contributed by atoms with E-state index in [1.807, 2.05) is 0 Å². The first kappa shape index (κ1) is 15.0. The van der Waals surface area contributed by atoms with Gasteiger partial charge in [0.1, 0.15) is 4.88 Å². The molecule has 0 spiro atoms. The van der Waals surface area contributed by atoms with Crippen molar-refractivity contribution in [2.45, 2.75) is 55.7 Å². The maximum atomic E-state index is 12.9. The molecule has 2 aliphatic rings. The van der Waals surface area contributed by atoms with Crippen LogP contribution in [0.25, 0.3) is 0 Å². The summed E-state index contributed by atoms with van der Waals surface area (Å²) in [5.74, 6) is -1.11. The number of nitrogens with zero attached hydrogens (tertiary/aromatic N) is 1. The van der Waals surface area contributed by atoms with Crippen molar-refractivity contribution in [1.82, 2.24) is 4.31 Å². The van der Waals surface area contributed by atoms with E-state index in [-0.39, 0.29) is 21.9 Å². The van der Waals surface area contributed by atoms with Gasteiger partial charge in [0, 0.05) is 17.0 Å². The first-order chi connectivity index (χ1) is 9.80. The summed E-state index contributed by atoms with van der Waals surface area (Å²) >= 11 is 0.982. The van der Waals surface area contributed by atoms with Crippen LogP contribution >= 0.6 is 11.3 Å². The Hall–Kier alpha value is -0.960. The van der Waals surface area contributed by atoms with Gasteiger partial charge in [-0.2, -0.15) is 4.31 Å². The second-order valence-electron chi connectivity index (χ2n) is 5.68. The van der Waals surface area contributed by atoms with Gasteiger partial charge in [-0.05, 0) is 38.7 Å². The summed E-state index contributed by atoms with van der Waals surface area (Å²) < 4.78 is 27.2. The highest BCUT2D eigenvalue weighted by molar-refractivity contribution is 7.89. The molecule has 2 atom stereocenters. The largest absolute Gasteiger partial charge is 0.477 e. The molecule has 0 aliphatic carbocycles. The van der Waals surface area contributed by atoms with E-state index in [9.17, 15) is 18.3 Å². The molecule has 2 N–H and O–H groups in total. The fraction of sp³-hybridized carbons (Fsp3) is 0.615. The van der Waals surface area contributed by atoms with Gasteiger partial charge in [0.25, 0.3) is 0 Å². The molecule has 0 radical (unpaired) electrons. The van der Waals surface area contributed by atoms with Crippen molar-refractivity contribution in [3.05, 3.63) is 15.8 Å². The number of carbonyl (C=O) groups is 1. The maximum absolute atomic E-state index is 12.9. The minimum absolute atomic E-state index is 0.0375. The molecular formula is C13H17NO5S2. The van der Waals surface area contributed by atoms with Crippen LogP contribution in [0.5, 0.6) is 0 Å². The van der Waals surface area contributed by atoms with Crippen LogP contribution in [0, 0.1) is 6.92 Å². The number of aromatic carboxylic acids is 1. The molecule has 21 heavy (non-hydrogen) atoms. The molecule has 3 rings (SSSR count). The van der Waals surface area contributed by atoms with Crippen molar-refractivity contribution < 1.29 is 23.4 Å². The normalized spacial score (nSPS) is 29.7. The van der Waals surface area contributed by atoms with Gasteiger partial charge in [-0.15, -0.1) is 11.3 Å². The molecule has 1 aromatic heterocycles. The Bertz CT molecular complexity index is 667. The number of carboxylic acid groups (broad SMARTS) is 1. The number of aliphatic hydroxyl groups excluding tert-OH is 1. The van der Waals surface area contributed by atoms with Crippen LogP contribution in [-0.2, 0) is 10.0 Å². The van der Waals surface area contributed by atoms with Crippen LogP contribution in [0.15, 0.2) is 11.0 Å². The van der Waals surface area contributed by atoms with Crippen molar-refractivity contribution in [3.8, 4) is 0 Å². The van der Waals surface area contributed by atoms with Crippen molar-refractivity contribution in [2.75, 3.05) is 0 Å². The molecule has 0 amide bonds. The summed E-state index contributed by atoms with van der Waals surface area (Å²) in [4.78, 5) is 11.7. The number of hydrogen-bond acceptors (Lipinski definition) is 5. The summed E-state index contributed by atoms with van der Waals surface area (Å²) in [6.45, 7) is 1.63. The number of rotatable bonds is 3. The summed E-state index contributed by atoms with van der Waals surface area (Å²) in [6, 6.07) is 0.912. The van der Waals surface area contributed by atoms with E-state index in [0.717, 1.165) is 24.2 Å². The van der Waals surface area contributed by atoms with Crippen molar-refractivity contribution >= 4 is 27.3 Å². The molecule has 3 heterocycles. The molecule has 0 aromatic carbocycles. The zero-order valence-corrected chi connectivity index (χ0v) is 13.2. The molecule has 8 heteroatoms. The van der Waals surface area contributed by atoms with E-state index in [1.165, 1.54) is 10.4 Å². The predicted octanol–water partition coefficient (Wildman–Crippen LogP) is 1.43. The molecule has 2 fully saturated rings. The third-order valence-corrected chi connectivity index (χ3v) is 7.58. The minimum Gasteiger partial charge on any atom is -0.477 e. The molecule has 2 saturated heterocycles. The lowest BCUT2D eigenvalue weighted by molar-refractivity contribution is 0.0701. The quantitative estimate of drug-likeness (QED) is 0.874. The van der Waals surface area contributed by atoms with Crippen LogP contribution in [0.1, 0.15) is 40.2 Å². The second-order valence-corrected chi connectivity index (χ2v) is 8.75. The number of fused-ring (bicyclic) bond motifs is 2. The molecule has 6 nitrogen and oxygen atoms in total. The van der Waals surface area contributed by atoms with Crippen molar-refractivity contribution in [1.29, 1.82) is 0 Å². The molecule has 116 valence electrons.